The highest BCUT2D eigenvalue weighted by Gasteiger charge is 2.22. The number of nitrogens with zero attached hydrogens (tertiary/aromatic N) is 2. The van der Waals surface area contributed by atoms with Crippen molar-refractivity contribution >= 4 is 6.01 Å². The van der Waals surface area contributed by atoms with Gasteiger partial charge in [-0.1, -0.05) is 24.3 Å². The summed E-state index contributed by atoms with van der Waals surface area (Å²) in [6.07, 6.45) is 5.45. The van der Waals surface area contributed by atoms with E-state index >= 15 is 0 Å². The fourth-order valence-electron chi connectivity index (χ4n) is 2.72. The Kier molecular flexibility index (Phi) is 2.96. The van der Waals surface area contributed by atoms with E-state index in [1.807, 2.05) is 0 Å². The van der Waals surface area contributed by atoms with Gasteiger partial charge in [0.15, 0.2) is 0 Å². The summed E-state index contributed by atoms with van der Waals surface area (Å²) in [4.78, 5) is 6.83. The average Bonchev–Trinajstić information content (AvgIpc) is 3.21. The Hall–Kier alpha value is -1.81. The smallest absolute Gasteiger partial charge is 0.297 e. The van der Waals surface area contributed by atoms with E-state index in [1.165, 1.54) is 24.0 Å². The van der Waals surface area contributed by atoms with Gasteiger partial charge in [0.1, 0.15) is 6.26 Å². The van der Waals surface area contributed by atoms with Crippen LogP contribution >= 0.6 is 0 Å². The van der Waals surface area contributed by atoms with Crippen molar-refractivity contribution in [3.63, 3.8) is 0 Å². The van der Waals surface area contributed by atoms with Gasteiger partial charge in [-0.05, 0) is 30.4 Å². The highest BCUT2D eigenvalue weighted by molar-refractivity contribution is 5.38. The highest BCUT2D eigenvalue weighted by Crippen LogP contribution is 2.24. The number of hydrogen-bond acceptors (Lipinski definition) is 4. The molecule has 0 amide bonds. The van der Waals surface area contributed by atoms with Crippen molar-refractivity contribution in [3.8, 4) is 0 Å². The van der Waals surface area contributed by atoms with Crippen LogP contribution in [0.2, 0.25) is 0 Å². The summed E-state index contributed by atoms with van der Waals surface area (Å²) >= 11 is 0. The summed E-state index contributed by atoms with van der Waals surface area (Å²) in [5.41, 5.74) is 3.84. The van der Waals surface area contributed by atoms with Crippen LogP contribution in [0.25, 0.3) is 0 Å². The Balaban J connectivity index is 1.45. The predicted octanol–water partition coefficient (Wildman–Crippen LogP) is 2.49. The SMILES string of the molecule is c1ccc2c(c1)CCN(c1nc(CNC3CC3)co1)C2. The molecule has 0 atom stereocenters. The van der Waals surface area contributed by atoms with Crippen molar-refractivity contribution < 1.29 is 4.42 Å². The van der Waals surface area contributed by atoms with E-state index in [2.05, 4.69) is 39.5 Å². The fourth-order valence-corrected chi connectivity index (χ4v) is 2.72. The van der Waals surface area contributed by atoms with Crippen molar-refractivity contribution in [2.24, 2.45) is 0 Å². The van der Waals surface area contributed by atoms with Gasteiger partial charge in [0.2, 0.25) is 0 Å². The Morgan fingerprint density at radius 3 is 2.95 bits per heavy atom. The number of nitrogens with one attached hydrogen (secondary N) is 1. The number of anilines is 1. The van der Waals surface area contributed by atoms with Crippen molar-refractivity contribution in [3.05, 3.63) is 47.3 Å². The molecule has 1 fully saturated rings. The maximum atomic E-state index is 5.65. The van der Waals surface area contributed by atoms with E-state index in [9.17, 15) is 0 Å². The number of benzene rings is 1. The molecule has 2 aromatic rings. The topological polar surface area (TPSA) is 41.3 Å². The van der Waals surface area contributed by atoms with Crippen LogP contribution in [0.1, 0.15) is 29.7 Å². The zero-order valence-electron chi connectivity index (χ0n) is 11.5. The van der Waals surface area contributed by atoms with E-state index < -0.39 is 0 Å². The number of oxazole rings is 1. The third-order valence-electron chi connectivity index (χ3n) is 4.09. The van der Waals surface area contributed by atoms with Crippen LogP contribution in [0.5, 0.6) is 0 Å². The van der Waals surface area contributed by atoms with Crippen LogP contribution in [-0.2, 0) is 19.5 Å². The molecule has 104 valence electrons. The largest absolute Gasteiger partial charge is 0.432 e. The molecule has 1 aliphatic heterocycles. The summed E-state index contributed by atoms with van der Waals surface area (Å²) in [5, 5.41) is 3.46. The van der Waals surface area contributed by atoms with Crippen LogP contribution in [0.15, 0.2) is 34.9 Å². The second kappa shape index (κ2) is 4.94. The molecular weight excluding hydrogens is 250 g/mol. The van der Waals surface area contributed by atoms with Crippen molar-refractivity contribution in [1.29, 1.82) is 0 Å². The third kappa shape index (κ3) is 2.43. The van der Waals surface area contributed by atoms with Crippen LogP contribution in [0.3, 0.4) is 0 Å². The van der Waals surface area contributed by atoms with Crippen molar-refractivity contribution in [2.75, 3.05) is 11.4 Å². The molecule has 0 unspecified atom stereocenters. The van der Waals surface area contributed by atoms with E-state index in [4.69, 9.17) is 4.42 Å². The molecule has 4 nitrogen and oxygen atoms in total. The first-order chi connectivity index (χ1) is 9.88. The molecule has 1 aromatic carbocycles. The first kappa shape index (κ1) is 12.0. The van der Waals surface area contributed by atoms with Gasteiger partial charge >= 0.3 is 0 Å². The number of aromatic nitrogens is 1. The van der Waals surface area contributed by atoms with Gasteiger partial charge < -0.3 is 14.6 Å². The zero-order chi connectivity index (χ0) is 13.4. The summed E-state index contributed by atoms with van der Waals surface area (Å²) in [7, 11) is 0. The molecule has 0 spiro atoms. The summed E-state index contributed by atoms with van der Waals surface area (Å²) in [6, 6.07) is 10.1. The van der Waals surface area contributed by atoms with Gasteiger partial charge in [-0.3, -0.25) is 0 Å². The lowest BCUT2D eigenvalue weighted by Crippen LogP contribution is -2.30. The second-order valence-corrected chi connectivity index (χ2v) is 5.72. The summed E-state index contributed by atoms with van der Waals surface area (Å²) in [6.45, 7) is 2.69. The fraction of sp³-hybridized carbons (Fsp3) is 0.438. The minimum Gasteiger partial charge on any atom is -0.432 e. The number of rotatable bonds is 4. The van der Waals surface area contributed by atoms with E-state index in [1.54, 1.807) is 6.26 Å². The lowest BCUT2D eigenvalue weighted by Gasteiger charge is -2.27. The van der Waals surface area contributed by atoms with Gasteiger partial charge in [0.25, 0.3) is 6.01 Å². The summed E-state index contributed by atoms with van der Waals surface area (Å²) in [5.74, 6) is 0. The predicted molar refractivity (Wildman–Crippen MR) is 77.6 cm³/mol. The molecule has 0 saturated heterocycles. The van der Waals surface area contributed by atoms with Gasteiger partial charge in [0, 0.05) is 25.7 Å². The molecule has 4 heteroatoms. The third-order valence-corrected chi connectivity index (χ3v) is 4.09. The van der Waals surface area contributed by atoms with Gasteiger partial charge in [-0.25, -0.2) is 0 Å². The molecule has 20 heavy (non-hydrogen) atoms. The lowest BCUT2D eigenvalue weighted by molar-refractivity contribution is 0.523. The molecule has 0 radical (unpaired) electrons. The van der Waals surface area contributed by atoms with Crippen LogP contribution in [0.4, 0.5) is 6.01 Å². The van der Waals surface area contributed by atoms with E-state index in [-0.39, 0.29) is 0 Å². The Bertz CT molecular complexity index is 603. The monoisotopic (exact) mass is 269 g/mol. The first-order valence-corrected chi connectivity index (χ1v) is 7.38. The number of fused-ring (bicyclic) bond motifs is 1. The molecule has 4 rings (SSSR count). The molecule has 0 bridgehead atoms. The molecule has 2 aliphatic rings. The molecule has 1 aromatic heterocycles. The normalized spacial score (nSPS) is 18.1. The Labute approximate surface area is 118 Å². The molecule has 1 saturated carbocycles. The van der Waals surface area contributed by atoms with Crippen molar-refractivity contribution in [1.82, 2.24) is 10.3 Å². The number of hydrogen-bond donors (Lipinski definition) is 1. The maximum absolute atomic E-state index is 5.65. The maximum Gasteiger partial charge on any atom is 0.297 e. The first-order valence-electron chi connectivity index (χ1n) is 7.38. The van der Waals surface area contributed by atoms with Crippen LogP contribution in [0, 0.1) is 0 Å². The second-order valence-electron chi connectivity index (χ2n) is 5.72. The minimum atomic E-state index is 0.706. The lowest BCUT2D eigenvalue weighted by atomic mass is 10.0. The molecule has 1 N–H and O–H groups in total. The van der Waals surface area contributed by atoms with E-state index in [0.29, 0.717) is 6.04 Å². The molecule has 1 aliphatic carbocycles. The van der Waals surface area contributed by atoms with Gasteiger partial charge in [-0.15, -0.1) is 0 Å². The Morgan fingerprint density at radius 1 is 1.25 bits per heavy atom. The zero-order valence-corrected chi connectivity index (χ0v) is 11.5. The quantitative estimate of drug-likeness (QED) is 0.926. The van der Waals surface area contributed by atoms with E-state index in [0.717, 1.165) is 37.8 Å². The van der Waals surface area contributed by atoms with Crippen LogP contribution in [-0.4, -0.2) is 17.6 Å². The highest BCUT2D eigenvalue weighted by atomic mass is 16.4. The standard InChI is InChI=1S/C16H19N3O/c1-2-4-13-10-19(8-7-12(13)3-1)16-18-15(11-20-16)9-17-14-5-6-14/h1-4,11,14,17H,5-10H2. The van der Waals surface area contributed by atoms with Crippen LogP contribution < -0.4 is 10.2 Å². The molecular formula is C16H19N3O. The van der Waals surface area contributed by atoms with Crippen molar-refractivity contribution in [2.45, 2.75) is 38.4 Å². The average molecular weight is 269 g/mol. The Morgan fingerprint density at radius 2 is 2.10 bits per heavy atom. The van der Waals surface area contributed by atoms with Gasteiger partial charge in [0.05, 0.1) is 5.69 Å². The van der Waals surface area contributed by atoms with Gasteiger partial charge in [-0.2, -0.15) is 4.98 Å². The molecule has 2 heterocycles. The summed E-state index contributed by atoms with van der Waals surface area (Å²) < 4.78 is 5.65. The minimum absolute atomic E-state index is 0.706.